The molecule has 16 heteroatoms. The Kier molecular flexibility index (Phi) is 8.41. The lowest BCUT2D eigenvalue weighted by Gasteiger charge is -2.30. The average Bonchev–Trinajstić information content (AvgIpc) is 3.27. The van der Waals surface area contributed by atoms with Crippen LogP contribution in [-0.2, 0) is 22.2 Å². The van der Waals surface area contributed by atoms with Gasteiger partial charge in [0, 0.05) is 35.9 Å². The Hall–Kier alpha value is -2.06. The van der Waals surface area contributed by atoms with Crippen molar-refractivity contribution in [3.05, 3.63) is 68.9 Å². The predicted octanol–water partition coefficient (Wildman–Crippen LogP) is 7.57. The Morgan fingerprint density at radius 2 is 1.45 bits per heavy atom. The first kappa shape index (κ1) is 30.5. The molecular weight excluding hydrogens is 610 g/mol. The number of rotatable bonds is 7. The number of halogens is 10. The van der Waals surface area contributed by atoms with Crippen LogP contribution in [0.5, 0.6) is 0 Å². The molecular formula is C22H17Cl3F7N3O2S. The maximum absolute atomic E-state index is 14.5. The Bertz CT molecular complexity index is 1420. The van der Waals surface area contributed by atoms with E-state index < -0.39 is 43.7 Å². The summed E-state index contributed by atoms with van der Waals surface area (Å²) in [5, 5.41) is 2.85. The summed E-state index contributed by atoms with van der Waals surface area (Å²) in [4.78, 5) is 0. The topological polar surface area (TPSA) is 55.2 Å². The van der Waals surface area contributed by atoms with Gasteiger partial charge in [0.1, 0.15) is 5.69 Å². The van der Waals surface area contributed by atoms with E-state index in [1.165, 1.54) is 32.4 Å². The van der Waals surface area contributed by atoms with Crippen molar-refractivity contribution in [1.29, 1.82) is 0 Å². The summed E-state index contributed by atoms with van der Waals surface area (Å²) >= 11 is 18.1. The quantitative estimate of drug-likeness (QED) is 0.254. The molecule has 0 unspecified atom stereocenters. The summed E-state index contributed by atoms with van der Waals surface area (Å²) < 4.78 is 120. The molecule has 0 amide bonds. The number of hydrogen-bond acceptors (Lipinski definition) is 3. The van der Waals surface area contributed by atoms with Gasteiger partial charge in [0.15, 0.2) is 0 Å². The van der Waals surface area contributed by atoms with E-state index in [1.54, 1.807) is 12.1 Å². The van der Waals surface area contributed by atoms with Gasteiger partial charge in [-0.25, -0.2) is 21.8 Å². The minimum atomic E-state index is -6.34. The van der Waals surface area contributed by atoms with Crippen molar-refractivity contribution in [2.45, 2.75) is 31.5 Å². The first-order valence-corrected chi connectivity index (χ1v) is 13.2. The summed E-state index contributed by atoms with van der Waals surface area (Å²) in [5.41, 5.74) is -6.49. The zero-order chi connectivity index (χ0) is 28.8. The Labute approximate surface area is 227 Å². The van der Waals surface area contributed by atoms with Crippen LogP contribution in [0.1, 0.15) is 18.1 Å². The van der Waals surface area contributed by atoms with Gasteiger partial charge in [-0.2, -0.15) is 31.4 Å². The molecule has 0 radical (unpaired) electrons. The Morgan fingerprint density at radius 3 is 1.95 bits per heavy atom. The molecule has 38 heavy (non-hydrogen) atoms. The van der Waals surface area contributed by atoms with E-state index in [0.717, 1.165) is 8.99 Å². The van der Waals surface area contributed by atoms with Gasteiger partial charge in [-0.15, -0.1) is 0 Å². The molecule has 5 nitrogen and oxygen atoms in total. The molecule has 0 saturated heterocycles. The molecule has 2 aromatic carbocycles. The molecule has 0 bridgehead atoms. The minimum Gasteiger partial charge on any atom is -0.237 e. The normalized spacial score (nSPS) is 13.4. The van der Waals surface area contributed by atoms with Crippen LogP contribution in [0.2, 0.25) is 15.1 Å². The monoisotopic (exact) mass is 625 g/mol. The first-order chi connectivity index (χ1) is 17.3. The minimum absolute atomic E-state index is 0.0422. The highest BCUT2D eigenvalue weighted by Crippen LogP contribution is 2.54. The van der Waals surface area contributed by atoms with Gasteiger partial charge in [-0.3, -0.25) is 0 Å². The highest BCUT2D eigenvalue weighted by atomic mass is 35.5. The first-order valence-electron chi connectivity index (χ1n) is 10.4. The number of sulfonamides is 1. The van der Waals surface area contributed by atoms with Gasteiger partial charge in [-0.1, -0.05) is 40.9 Å². The molecule has 1 aromatic heterocycles. The van der Waals surface area contributed by atoms with Crippen molar-refractivity contribution in [1.82, 2.24) is 14.1 Å². The summed E-state index contributed by atoms with van der Waals surface area (Å²) in [6.45, 7) is 1.44. The second kappa shape index (κ2) is 10.5. The van der Waals surface area contributed by atoms with E-state index in [-0.39, 0.29) is 35.1 Å². The third kappa shape index (κ3) is 5.62. The van der Waals surface area contributed by atoms with E-state index in [4.69, 9.17) is 34.8 Å². The van der Waals surface area contributed by atoms with Gasteiger partial charge >= 0.3 is 18.0 Å². The molecule has 0 atom stereocenters. The summed E-state index contributed by atoms with van der Waals surface area (Å²) in [6.07, 6.45) is -10.1. The third-order valence-electron chi connectivity index (χ3n) is 5.62. The smallest absolute Gasteiger partial charge is 0.237 e. The number of benzene rings is 2. The number of aromatic nitrogens is 2. The summed E-state index contributed by atoms with van der Waals surface area (Å²) in [7, 11) is -2.12. The van der Waals surface area contributed by atoms with Gasteiger partial charge < -0.3 is 0 Å². The second-order valence-corrected chi connectivity index (χ2v) is 11.7. The molecule has 0 spiro atoms. The largest absolute Gasteiger partial charge is 0.435 e. The van der Waals surface area contributed by atoms with E-state index in [1.807, 2.05) is 0 Å². The molecule has 3 rings (SSSR count). The van der Waals surface area contributed by atoms with Crippen LogP contribution in [-0.4, -0.2) is 47.7 Å². The molecule has 3 aromatic rings. The van der Waals surface area contributed by atoms with Crippen molar-refractivity contribution >= 4 is 44.8 Å². The van der Waals surface area contributed by atoms with Crippen molar-refractivity contribution in [3.63, 3.8) is 0 Å². The Balaban J connectivity index is 2.02. The fourth-order valence-electron chi connectivity index (χ4n) is 3.50. The van der Waals surface area contributed by atoms with Crippen LogP contribution >= 0.6 is 34.8 Å². The van der Waals surface area contributed by atoms with Crippen LogP contribution in [0.3, 0.4) is 0 Å². The lowest BCUT2D eigenvalue weighted by Crippen LogP contribution is -2.50. The standard InChI is InChI=1S/C22H17Cl3F7N3O2S/c1-3-38(36,37)34(2)10-13-6-12(4-5-16(13)23)14-9-33-35(11-14)19-17(24)7-15(8-18(19)25)20(26,21(27,28)29)22(30,31)32/h4-9,11H,3,10H2,1-2H3. The third-order valence-corrected chi connectivity index (χ3v) is 8.37. The molecule has 0 aliphatic carbocycles. The maximum atomic E-state index is 14.5. The predicted molar refractivity (Wildman–Crippen MR) is 130 cm³/mol. The lowest BCUT2D eigenvalue weighted by molar-refractivity contribution is -0.348. The zero-order valence-corrected chi connectivity index (χ0v) is 22.4. The second-order valence-electron chi connectivity index (χ2n) is 8.08. The highest BCUT2D eigenvalue weighted by Gasteiger charge is 2.73. The van der Waals surface area contributed by atoms with Crippen LogP contribution in [0.4, 0.5) is 30.7 Å². The summed E-state index contributed by atoms with van der Waals surface area (Å²) in [6, 6.07) is 5.06. The zero-order valence-electron chi connectivity index (χ0n) is 19.3. The number of hydrogen-bond donors (Lipinski definition) is 0. The van der Waals surface area contributed by atoms with E-state index in [9.17, 15) is 39.2 Å². The van der Waals surface area contributed by atoms with E-state index in [2.05, 4.69) is 5.10 Å². The number of nitrogens with zero attached hydrogens (tertiary/aromatic N) is 3. The van der Waals surface area contributed by atoms with E-state index in [0.29, 0.717) is 16.7 Å². The Morgan fingerprint density at radius 1 is 0.895 bits per heavy atom. The fourth-order valence-corrected chi connectivity index (χ4v) is 5.11. The SMILES string of the molecule is CCS(=O)(=O)N(C)Cc1cc(-c2cnn(-c3c(Cl)cc(C(F)(C(F)(F)F)C(F)(F)F)cc3Cl)c2)ccc1Cl. The molecule has 1 heterocycles. The van der Waals surface area contributed by atoms with Crippen LogP contribution in [0.25, 0.3) is 16.8 Å². The molecule has 0 saturated carbocycles. The highest BCUT2D eigenvalue weighted by molar-refractivity contribution is 7.89. The molecule has 0 aliphatic rings. The fraction of sp³-hybridized carbons (Fsp3) is 0.318. The molecule has 0 aliphatic heterocycles. The van der Waals surface area contributed by atoms with Crippen molar-refractivity contribution in [2.24, 2.45) is 0 Å². The van der Waals surface area contributed by atoms with Crippen molar-refractivity contribution in [3.8, 4) is 16.8 Å². The molecule has 208 valence electrons. The van der Waals surface area contributed by atoms with Crippen LogP contribution in [0, 0.1) is 0 Å². The van der Waals surface area contributed by atoms with Gasteiger partial charge in [-0.05, 0) is 42.3 Å². The summed E-state index contributed by atoms with van der Waals surface area (Å²) in [5.74, 6) is -0.122. The van der Waals surface area contributed by atoms with Gasteiger partial charge in [0.25, 0.3) is 0 Å². The van der Waals surface area contributed by atoms with Crippen molar-refractivity contribution in [2.75, 3.05) is 12.8 Å². The van der Waals surface area contributed by atoms with Gasteiger partial charge in [0.05, 0.1) is 22.0 Å². The maximum Gasteiger partial charge on any atom is 0.435 e. The van der Waals surface area contributed by atoms with Gasteiger partial charge in [0.2, 0.25) is 10.0 Å². The molecule has 0 N–H and O–H groups in total. The average molecular weight is 627 g/mol. The number of alkyl halides is 7. The van der Waals surface area contributed by atoms with Crippen LogP contribution < -0.4 is 0 Å². The lowest BCUT2D eigenvalue weighted by atomic mass is 9.94. The van der Waals surface area contributed by atoms with Crippen molar-refractivity contribution < 1.29 is 39.2 Å². The molecule has 0 fully saturated rings. The van der Waals surface area contributed by atoms with Crippen LogP contribution in [0.15, 0.2) is 42.7 Å². The van der Waals surface area contributed by atoms with E-state index >= 15 is 0 Å².